The Morgan fingerprint density at radius 1 is 1.26 bits per heavy atom. The van der Waals surface area contributed by atoms with E-state index in [2.05, 4.69) is 10.6 Å². The summed E-state index contributed by atoms with van der Waals surface area (Å²) in [4.78, 5) is 42.1. The first-order valence-corrected chi connectivity index (χ1v) is 13.8. The molecule has 2 N–H and O–H groups in total. The maximum atomic E-state index is 14.0. The summed E-state index contributed by atoms with van der Waals surface area (Å²) < 4.78 is 33.6. The molecule has 206 valence electrons. The summed E-state index contributed by atoms with van der Waals surface area (Å²) in [6.45, 7) is 3.54. The van der Waals surface area contributed by atoms with E-state index in [0.717, 1.165) is 30.6 Å². The van der Waals surface area contributed by atoms with Crippen molar-refractivity contribution in [2.24, 2.45) is 5.92 Å². The summed E-state index contributed by atoms with van der Waals surface area (Å²) in [6.07, 6.45) is 0.480. The lowest BCUT2D eigenvalue weighted by Gasteiger charge is -2.36. The first kappa shape index (κ1) is 28.4. The Labute approximate surface area is 229 Å². The summed E-state index contributed by atoms with van der Waals surface area (Å²) in [5.74, 6) is -0.662. The number of thiophene rings is 1. The molecular formula is C26H31ClF2N4O4S. The number of halogens is 3. The van der Waals surface area contributed by atoms with Gasteiger partial charge in [0.1, 0.15) is 12.6 Å². The van der Waals surface area contributed by atoms with Crippen molar-refractivity contribution in [1.29, 1.82) is 0 Å². The van der Waals surface area contributed by atoms with Gasteiger partial charge in [-0.3, -0.25) is 19.3 Å². The number of ether oxygens (including phenoxy) is 1. The fourth-order valence-corrected chi connectivity index (χ4v) is 5.59. The number of carbonyl (C=O) groups excluding carboxylic acids is 3. The van der Waals surface area contributed by atoms with E-state index < -0.39 is 24.3 Å². The number of hydrogen-bond acceptors (Lipinski definition) is 6. The Morgan fingerprint density at radius 3 is 2.66 bits per heavy atom. The number of amides is 3. The predicted octanol–water partition coefficient (Wildman–Crippen LogP) is 4.56. The van der Waals surface area contributed by atoms with Crippen LogP contribution in [-0.2, 0) is 14.3 Å². The normalized spacial score (nSPS) is 17.0. The first-order chi connectivity index (χ1) is 18.3. The number of hydrogen-bond donors (Lipinski definition) is 2. The highest BCUT2D eigenvalue weighted by molar-refractivity contribution is 7.18. The van der Waals surface area contributed by atoms with Crippen LogP contribution in [0.3, 0.4) is 0 Å². The van der Waals surface area contributed by atoms with Crippen LogP contribution in [0.1, 0.15) is 47.8 Å². The minimum absolute atomic E-state index is 0.0445. The van der Waals surface area contributed by atoms with Crippen LogP contribution in [0.15, 0.2) is 30.3 Å². The van der Waals surface area contributed by atoms with E-state index in [9.17, 15) is 23.2 Å². The molecule has 1 aromatic heterocycles. The van der Waals surface area contributed by atoms with Crippen LogP contribution in [-0.4, -0.2) is 68.1 Å². The van der Waals surface area contributed by atoms with Gasteiger partial charge in [-0.05, 0) is 55.6 Å². The molecule has 1 atom stereocenters. The Morgan fingerprint density at radius 2 is 2.05 bits per heavy atom. The van der Waals surface area contributed by atoms with E-state index >= 15 is 0 Å². The standard InChI is InChI=1S/C26H31ClF2N4O4S/c1-2-32(14-16-4-3-5-16)20(13-30-26(36)21-8-9-22(27)38-21)25(35)31-17-6-7-19(18(12-17)24(28)29)33-10-11-37-15-23(33)34/h6-9,12,16,20,24H,2-5,10-11,13-15H2,1H3,(H,30,36)(H,31,35)/t20-/m1/s1. The van der Waals surface area contributed by atoms with E-state index in [-0.39, 0.29) is 49.1 Å². The zero-order valence-corrected chi connectivity index (χ0v) is 22.6. The van der Waals surface area contributed by atoms with Gasteiger partial charge in [0.2, 0.25) is 5.91 Å². The number of likely N-dealkylation sites (N-methyl/N-ethyl adjacent to an activating group) is 1. The zero-order chi connectivity index (χ0) is 27.2. The summed E-state index contributed by atoms with van der Waals surface area (Å²) >= 11 is 7.09. The van der Waals surface area contributed by atoms with E-state index in [4.69, 9.17) is 16.3 Å². The Kier molecular flexibility index (Phi) is 9.69. The highest BCUT2D eigenvalue weighted by atomic mass is 35.5. The lowest BCUT2D eigenvalue weighted by molar-refractivity contribution is -0.125. The van der Waals surface area contributed by atoms with Gasteiger partial charge in [0.25, 0.3) is 18.2 Å². The SMILES string of the molecule is CCN(CC1CCC1)[C@H](CNC(=O)c1ccc(Cl)s1)C(=O)Nc1ccc(N2CCOCC2=O)c(C(F)F)c1. The van der Waals surface area contributed by atoms with Crippen LogP contribution in [0.25, 0.3) is 0 Å². The second-order valence-corrected chi connectivity index (χ2v) is 11.1. The summed E-state index contributed by atoms with van der Waals surface area (Å²) in [5.41, 5.74) is -0.0556. The molecule has 1 aromatic carbocycles. The maximum Gasteiger partial charge on any atom is 0.265 e. The first-order valence-electron chi connectivity index (χ1n) is 12.7. The van der Waals surface area contributed by atoms with Gasteiger partial charge < -0.3 is 20.3 Å². The Balaban J connectivity index is 1.52. The van der Waals surface area contributed by atoms with E-state index in [1.807, 2.05) is 11.8 Å². The van der Waals surface area contributed by atoms with Gasteiger partial charge in [0.15, 0.2) is 0 Å². The van der Waals surface area contributed by atoms with Crippen molar-refractivity contribution in [3.63, 3.8) is 0 Å². The molecule has 2 aliphatic rings. The minimum atomic E-state index is -2.85. The van der Waals surface area contributed by atoms with E-state index in [0.29, 0.717) is 28.2 Å². The van der Waals surface area contributed by atoms with Crippen molar-refractivity contribution >= 4 is 52.0 Å². The molecular weight excluding hydrogens is 538 g/mol. The average Bonchev–Trinajstić information content (AvgIpc) is 3.31. The topological polar surface area (TPSA) is 91.0 Å². The highest BCUT2D eigenvalue weighted by Crippen LogP contribution is 2.33. The molecule has 38 heavy (non-hydrogen) atoms. The number of anilines is 2. The predicted molar refractivity (Wildman–Crippen MR) is 143 cm³/mol. The van der Waals surface area contributed by atoms with Crippen molar-refractivity contribution in [1.82, 2.24) is 10.2 Å². The number of nitrogens with one attached hydrogen (secondary N) is 2. The largest absolute Gasteiger partial charge is 0.370 e. The third kappa shape index (κ3) is 6.88. The van der Waals surface area contributed by atoms with Gasteiger partial charge in [-0.1, -0.05) is 24.9 Å². The van der Waals surface area contributed by atoms with Gasteiger partial charge in [-0.25, -0.2) is 8.78 Å². The number of carbonyl (C=O) groups is 3. The molecule has 0 unspecified atom stereocenters. The maximum absolute atomic E-state index is 14.0. The molecule has 1 aliphatic carbocycles. The van der Waals surface area contributed by atoms with Crippen LogP contribution in [0, 0.1) is 5.92 Å². The van der Waals surface area contributed by atoms with Gasteiger partial charge in [-0.2, -0.15) is 0 Å². The highest BCUT2D eigenvalue weighted by Gasteiger charge is 2.31. The minimum Gasteiger partial charge on any atom is -0.370 e. The van der Waals surface area contributed by atoms with Gasteiger partial charge in [0.05, 0.1) is 21.5 Å². The van der Waals surface area contributed by atoms with Crippen molar-refractivity contribution in [2.45, 2.75) is 38.7 Å². The molecule has 1 saturated heterocycles. The Hall–Kier alpha value is -2.60. The van der Waals surface area contributed by atoms with Gasteiger partial charge in [-0.15, -0.1) is 11.3 Å². The smallest absolute Gasteiger partial charge is 0.265 e. The number of rotatable bonds is 11. The summed E-state index contributed by atoms with van der Waals surface area (Å²) in [6, 6.07) is 6.67. The van der Waals surface area contributed by atoms with Crippen LogP contribution < -0.4 is 15.5 Å². The number of alkyl halides is 2. The average molecular weight is 569 g/mol. The number of nitrogens with zero attached hydrogens (tertiary/aromatic N) is 2. The van der Waals surface area contributed by atoms with Crippen molar-refractivity contribution in [3.8, 4) is 0 Å². The van der Waals surface area contributed by atoms with Crippen molar-refractivity contribution in [2.75, 3.05) is 49.6 Å². The Bertz CT molecular complexity index is 1160. The molecule has 3 amide bonds. The molecule has 1 saturated carbocycles. The molecule has 1 aliphatic heterocycles. The zero-order valence-electron chi connectivity index (χ0n) is 21.1. The second-order valence-electron chi connectivity index (χ2n) is 9.38. The molecule has 0 radical (unpaired) electrons. The molecule has 4 rings (SSSR count). The molecule has 2 heterocycles. The summed E-state index contributed by atoms with van der Waals surface area (Å²) in [5, 5.41) is 5.58. The van der Waals surface area contributed by atoms with Crippen molar-refractivity contribution in [3.05, 3.63) is 45.1 Å². The fraction of sp³-hybridized carbons (Fsp3) is 0.500. The van der Waals surface area contributed by atoms with Crippen LogP contribution in [0.2, 0.25) is 4.34 Å². The lowest BCUT2D eigenvalue weighted by Crippen LogP contribution is -2.52. The molecule has 2 aromatic rings. The van der Waals surface area contributed by atoms with Crippen LogP contribution in [0.4, 0.5) is 20.2 Å². The van der Waals surface area contributed by atoms with Crippen LogP contribution >= 0.6 is 22.9 Å². The fourth-order valence-electron chi connectivity index (χ4n) is 4.64. The molecule has 0 bridgehead atoms. The van der Waals surface area contributed by atoms with Crippen LogP contribution in [0.5, 0.6) is 0 Å². The molecule has 8 nitrogen and oxygen atoms in total. The number of morpholine rings is 1. The third-order valence-corrected chi connectivity index (χ3v) is 8.16. The van der Waals surface area contributed by atoms with Gasteiger partial charge in [0, 0.05) is 30.9 Å². The quantitative estimate of drug-likeness (QED) is 0.415. The van der Waals surface area contributed by atoms with Crippen molar-refractivity contribution < 1.29 is 27.9 Å². The molecule has 12 heteroatoms. The van der Waals surface area contributed by atoms with E-state index in [1.165, 1.54) is 23.1 Å². The monoisotopic (exact) mass is 568 g/mol. The molecule has 0 spiro atoms. The lowest BCUT2D eigenvalue weighted by atomic mass is 9.85. The molecule has 2 fully saturated rings. The second kappa shape index (κ2) is 13.0. The van der Waals surface area contributed by atoms with Gasteiger partial charge >= 0.3 is 0 Å². The summed E-state index contributed by atoms with van der Waals surface area (Å²) in [7, 11) is 0. The third-order valence-electron chi connectivity index (χ3n) is 6.93. The number of benzene rings is 1. The van der Waals surface area contributed by atoms with E-state index in [1.54, 1.807) is 12.1 Å².